The van der Waals surface area contributed by atoms with Crippen LogP contribution in [-0.4, -0.2) is 40.3 Å². The molecule has 1 aromatic carbocycles. The van der Waals surface area contributed by atoms with E-state index in [9.17, 15) is 14.4 Å². The molecule has 10 nitrogen and oxygen atoms in total. The number of rotatable bonds is 8. The molecule has 0 bridgehead atoms. The fourth-order valence-corrected chi connectivity index (χ4v) is 2.47. The van der Waals surface area contributed by atoms with Crippen LogP contribution in [0, 0.1) is 0 Å². The summed E-state index contributed by atoms with van der Waals surface area (Å²) in [5, 5.41) is 20.2. The Balaban J connectivity index is 1.94. The molecule has 0 radical (unpaired) electrons. The van der Waals surface area contributed by atoms with Gasteiger partial charge in [-0.2, -0.15) is 5.10 Å². The molecule has 3 amide bonds. The highest BCUT2D eigenvalue weighted by Gasteiger charge is 2.22. The Hall–Kier alpha value is -3.95. The predicted molar refractivity (Wildman–Crippen MR) is 107 cm³/mol. The number of nitrogens with one attached hydrogen (secondary N) is 3. The van der Waals surface area contributed by atoms with Gasteiger partial charge in [-0.15, -0.1) is 0 Å². The number of hydrogen-bond acceptors (Lipinski definition) is 6. The lowest BCUT2D eigenvalue weighted by atomic mass is 10.1. The summed E-state index contributed by atoms with van der Waals surface area (Å²) < 4.78 is 0. The Bertz CT molecular complexity index is 870. The molecule has 0 aliphatic rings. The number of carboxylic acids is 1. The number of hydrogen-bond donors (Lipinski definition) is 5. The molecule has 152 valence electrons. The second kappa shape index (κ2) is 10.4. The molecule has 0 spiro atoms. The lowest BCUT2D eigenvalue weighted by Crippen LogP contribution is -2.47. The van der Waals surface area contributed by atoms with Gasteiger partial charge in [0.2, 0.25) is 5.91 Å². The molecular weight excluding hydrogens is 376 g/mol. The summed E-state index contributed by atoms with van der Waals surface area (Å²) in [7, 11) is 0. The van der Waals surface area contributed by atoms with Crippen molar-refractivity contribution in [3.8, 4) is 0 Å². The molecule has 29 heavy (non-hydrogen) atoms. The number of nitrogens with two attached hydrogens (primary N) is 1. The van der Waals surface area contributed by atoms with Gasteiger partial charge in [-0.05, 0) is 36.2 Å². The molecule has 0 saturated heterocycles. The number of benzene rings is 1. The van der Waals surface area contributed by atoms with Gasteiger partial charge in [0.25, 0.3) is 0 Å². The number of carboxylic acid groups (broad SMARTS) is 1. The number of urea groups is 1. The first-order chi connectivity index (χ1) is 13.9. The molecule has 1 heterocycles. The highest BCUT2D eigenvalue weighted by molar-refractivity contribution is 5.94. The minimum atomic E-state index is -1.07. The molecular formula is C19H22N6O4. The third kappa shape index (κ3) is 6.94. The van der Waals surface area contributed by atoms with Crippen molar-refractivity contribution in [3.05, 3.63) is 59.9 Å². The van der Waals surface area contributed by atoms with E-state index in [0.29, 0.717) is 11.3 Å². The molecule has 0 aliphatic carbocycles. The number of aliphatic carboxylic acids is 1. The van der Waals surface area contributed by atoms with E-state index < -0.39 is 30.0 Å². The van der Waals surface area contributed by atoms with Crippen molar-refractivity contribution in [2.45, 2.75) is 25.4 Å². The zero-order chi connectivity index (χ0) is 21.2. The average Bonchev–Trinajstić information content (AvgIpc) is 2.69. The first-order valence-electron chi connectivity index (χ1n) is 8.72. The Morgan fingerprint density at radius 2 is 1.93 bits per heavy atom. The summed E-state index contributed by atoms with van der Waals surface area (Å²) in [5.41, 5.74) is 1.84. The van der Waals surface area contributed by atoms with Gasteiger partial charge in [0.1, 0.15) is 6.04 Å². The van der Waals surface area contributed by atoms with Gasteiger partial charge in [-0.1, -0.05) is 18.2 Å². The summed E-state index contributed by atoms with van der Waals surface area (Å²) in [6.45, 7) is 1.50. The Morgan fingerprint density at radius 1 is 1.21 bits per heavy atom. The zero-order valence-corrected chi connectivity index (χ0v) is 15.7. The summed E-state index contributed by atoms with van der Waals surface area (Å²) in [6.07, 6.45) is 4.19. The fraction of sp³-hybridized carbons (Fsp3) is 0.211. The number of anilines is 1. The number of carbonyl (C=O) groups is 3. The SMILES string of the molecule is C[C@H](NC(=O)Nc1ccc(C=NN)cc1)C(=O)NC(CC(=O)O)c1cccnc1. The topological polar surface area (TPSA) is 159 Å². The van der Waals surface area contributed by atoms with E-state index in [2.05, 4.69) is 26.0 Å². The van der Waals surface area contributed by atoms with Crippen molar-refractivity contribution < 1.29 is 19.5 Å². The predicted octanol–water partition coefficient (Wildman–Crippen LogP) is 1.22. The molecule has 2 atom stereocenters. The second-order valence-corrected chi connectivity index (χ2v) is 6.17. The minimum Gasteiger partial charge on any atom is -0.481 e. The van der Waals surface area contributed by atoms with E-state index in [4.69, 9.17) is 10.9 Å². The number of pyridine rings is 1. The summed E-state index contributed by atoms with van der Waals surface area (Å²) >= 11 is 0. The van der Waals surface area contributed by atoms with Crippen LogP contribution in [0.25, 0.3) is 0 Å². The molecule has 1 aromatic heterocycles. The van der Waals surface area contributed by atoms with Crippen LogP contribution in [0.5, 0.6) is 0 Å². The molecule has 10 heteroatoms. The smallest absolute Gasteiger partial charge is 0.319 e. The van der Waals surface area contributed by atoms with Gasteiger partial charge in [0, 0.05) is 18.1 Å². The maximum Gasteiger partial charge on any atom is 0.319 e. The third-order valence-electron chi connectivity index (χ3n) is 3.92. The van der Waals surface area contributed by atoms with Crippen LogP contribution in [0.2, 0.25) is 0 Å². The van der Waals surface area contributed by atoms with Crippen molar-refractivity contribution in [1.82, 2.24) is 15.6 Å². The third-order valence-corrected chi connectivity index (χ3v) is 3.92. The van der Waals surface area contributed by atoms with Crippen LogP contribution in [0.15, 0.2) is 53.9 Å². The van der Waals surface area contributed by atoms with Crippen molar-refractivity contribution in [3.63, 3.8) is 0 Å². The van der Waals surface area contributed by atoms with Gasteiger partial charge in [0.05, 0.1) is 18.7 Å². The first-order valence-corrected chi connectivity index (χ1v) is 8.72. The average molecular weight is 398 g/mol. The van der Waals surface area contributed by atoms with Crippen LogP contribution in [-0.2, 0) is 9.59 Å². The normalized spacial score (nSPS) is 12.7. The quantitative estimate of drug-likeness (QED) is 0.255. The fourth-order valence-electron chi connectivity index (χ4n) is 2.47. The zero-order valence-electron chi connectivity index (χ0n) is 15.7. The van der Waals surface area contributed by atoms with Gasteiger partial charge >= 0.3 is 12.0 Å². The van der Waals surface area contributed by atoms with Crippen LogP contribution in [0.3, 0.4) is 0 Å². The van der Waals surface area contributed by atoms with E-state index >= 15 is 0 Å². The van der Waals surface area contributed by atoms with Crippen LogP contribution >= 0.6 is 0 Å². The Labute approximate surface area is 167 Å². The van der Waals surface area contributed by atoms with Crippen LogP contribution in [0.4, 0.5) is 10.5 Å². The molecule has 6 N–H and O–H groups in total. The number of hydrazone groups is 1. The van der Waals surface area contributed by atoms with Crippen LogP contribution < -0.4 is 21.8 Å². The number of amides is 3. The lowest BCUT2D eigenvalue weighted by molar-refractivity contribution is -0.137. The standard InChI is InChI=1S/C19H22N6O4/c1-12(23-19(29)24-15-6-4-13(5-7-15)10-22-20)18(28)25-16(9-17(26)27)14-3-2-8-21-11-14/h2-8,10-12,16H,9,20H2,1H3,(H,25,28)(H,26,27)(H2,23,24,29)/t12-,16?/m0/s1. The molecule has 2 aromatic rings. The molecule has 1 unspecified atom stereocenters. The van der Waals surface area contributed by atoms with Crippen molar-refractivity contribution in [1.29, 1.82) is 0 Å². The summed E-state index contributed by atoms with van der Waals surface area (Å²) in [4.78, 5) is 39.6. The van der Waals surface area contributed by atoms with E-state index in [-0.39, 0.29) is 6.42 Å². The lowest BCUT2D eigenvalue weighted by Gasteiger charge is -2.20. The molecule has 0 aliphatic heterocycles. The Kier molecular flexibility index (Phi) is 7.66. The summed E-state index contributed by atoms with van der Waals surface area (Å²) in [5.74, 6) is 3.48. The number of aromatic nitrogens is 1. The van der Waals surface area contributed by atoms with Crippen molar-refractivity contribution in [2.75, 3.05) is 5.32 Å². The van der Waals surface area contributed by atoms with Gasteiger partial charge < -0.3 is 26.9 Å². The van der Waals surface area contributed by atoms with Crippen molar-refractivity contribution >= 4 is 29.8 Å². The van der Waals surface area contributed by atoms with Gasteiger partial charge in [-0.25, -0.2) is 4.79 Å². The second-order valence-electron chi connectivity index (χ2n) is 6.17. The largest absolute Gasteiger partial charge is 0.481 e. The highest BCUT2D eigenvalue weighted by Crippen LogP contribution is 2.16. The van der Waals surface area contributed by atoms with Crippen molar-refractivity contribution in [2.24, 2.45) is 10.9 Å². The summed E-state index contributed by atoms with van der Waals surface area (Å²) in [6, 6.07) is 7.83. The number of nitrogens with zero attached hydrogens (tertiary/aromatic N) is 2. The van der Waals surface area contributed by atoms with E-state index in [0.717, 1.165) is 5.56 Å². The first kappa shape index (κ1) is 21.4. The van der Waals surface area contributed by atoms with E-state index in [1.54, 1.807) is 42.6 Å². The minimum absolute atomic E-state index is 0.311. The molecule has 2 rings (SSSR count). The molecule has 0 fully saturated rings. The van der Waals surface area contributed by atoms with E-state index in [1.165, 1.54) is 19.3 Å². The maximum absolute atomic E-state index is 12.4. The van der Waals surface area contributed by atoms with E-state index in [1.807, 2.05) is 0 Å². The molecule has 0 saturated carbocycles. The van der Waals surface area contributed by atoms with Gasteiger partial charge in [0.15, 0.2) is 0 Å². The maximum atomic E-state index is 12.4. The Morgan fingerprint density at radius 3 is 2.52 bits per heavy atom. The van der Waals surface area contributed by atoms with Gasteiger partial charge in [-0.3, -0.25) is 14.6 Å². The highest BCUT2D eigenvalue weighted by atomic mass is 16.4. The number of carbonyl (C=O) groups excluding carboxylic acids is 2. The van der Waals surface area contributed by atoms with Crippen LogP contribution in [0.1, 0.15) is 30.5 Å². The monoisotopic (exact) mass is 398 g/mol.